The van der Waals surface area contributed by atoms with Crippen LogP contribution in [0.15, 0.2) is 30.3 Å². The molecule has 17 heavy (non-hydrogen) atoms. The van der Waals surface area contributed by atoms with Crippen LogP contribution in [0.1, 0.15) is 32.4 Å². The highest BCUT2D eigenvalue weighted by molar-refractivity contribution is 5.20. The van der Waals surface area contributed by atoms with Gasteiger partial charge in [-0.05, 0) is 11.0 Å². The first-order valence-corrected chi connectivity index (χ1v) is 5.80. The summed E-state index contributed by atoms with van der Waals surface area (Å²) in [4.78, 5) is 0. The quantitative estimate of drug-likeness (QED) is 0.837. The third kappa shape index (κ3) is 3.85. The molecule has 1 rings (SSSR count). The zero-order valence-corrected chi connectivity index (χ0v) is 10.6. The van der Waals surface area contributed by atoms with Gasteiger partial charge < -0.3 is 5.11 Å². The Morgan fingerprint density at radius 3 is 2.29 bits per heavy atom. The number of hydrogen-bond donors (Lipinski definition) is 2. The first-order valence-electron chi connectivity index (χ1n) is 5.80. The highest BCUT2D eigenvalue weighted by Crippen LogP contribution is 2.22. The van der Waals surface area contributed by atoms with E-state index in [-0.39, 0.29) is 24.1 Å². The molecule has 0 spiro atoms. The van der Waals surface area contributed by atoms with Gasteiger partial charge in [0.1, 0.15) is 6.04 Å². The Balaban J connectivity index is 2.81. The first kappa shape index (κ1) is 13.7. The molecule has 2 atom stereocenters. The Bertz CT molecular complexity index is 375. The summed E-state index contributed by atoms with van der Waals surface area (Å²) in [6.45, 7) is 6.01. The second-order valence-electron chi connectivity index (χ2n) is 5.24. The SMILES string of the molecule is CC(C)(C)[C@H](C#N)N[C@@H](CO)c1ccccc1. The Morgan fingerprint density at radius 1 is 1.29 bits per heavy atom. The highest BCUT2D eigenvalue weighted by atomic mass is 16.3. The number of benzene rings is 1. The molecule has 0 saturated heterocycles. The lowest BCUT2D eigenvalue weighted by Gasteiger charge is -2.29. The topological polar surface area (TPSA) is 56.0 Å². The molecule has 0 heterocycles. The van der Waals surface area contributed by atoms with E-state index in [0.717, 1.165) is 5.56 Å². The fraction of sp³-hybridized carbons (Fsp3) is 0.500. The molecular weight excluding hydrogens is 212 g/mol. The monoisotopic (exact) mass is 232 g/mol. The second kappa shape index (κ2) is 5.81. The molecule has 0 bridgehead atoms. The van der Waals surface area contributed by atoms with Crippen LogP contribution in [-0.2, 0) is 0 Å². The lowest BCUT2D eigenvalue weighted by atomic mass is 9.87. The first-order chi connectivity index (χ1) is 7.99. The Kier molecular flexibility index (Phi) is 4.68. The van der Waals surface area contributed by atoms with Crippen LogP contribution in [0.3, 0.4) is 0 Å². The molecule has 2 N–H and O–H groups in total. The van der Waals surface area contributed by atoms with E-state index in [0.29, 0.717) is 0 Å². The van der Waals surface area contributed by atoms with E-state index >= 15 is 0 Å². The fourth-order valence-electron chi connectivity index (χ4n) is 1.62. The molecule has 0 aliphatic rings. The molecule has 1 aromatic rings. The number of aliphatic hydroxyl groups excluding tert-OH is 1. The van der Waals surface area contributed by atoms with Crippen molar-refractivity contribution in [1.82, 2.24) is 5.32 Å². The highest BCUT2D eigenvalue weighted by Gasteiger charge is 2.26. The number of nitrogens with zero attached hydrogens (tertiary/aromatic N) is 1. The number of aliphatic hydroxyl groups is 1. The van der Waals surface area contributed by atoms with Gasteiger partial charge in [-0.25, -0.2) is 0 Å². The largest absolute Gasteiger partial charge is 0.394 e. The molecule has 3 heteroatoms. The molecule has 3 nitrogen and oxygen atoms in total. The average molecular weight is 232 g/mol. The molecule has 0 aromatic heterocycles. The summed E-state index contributed by atoms with van der Waals surface area (Å²) in [5, 5.41) is 21.8. The lowest BCUT2D eigenvalue weighted by molar-refractivity contribution is 0.211. The van der Waals surface area contributed by atoms with Gasteiger partial charge in [0.25, 0.3) is 0 Å². The van der Waals surface area contributed by atoms with Gasteiger partial charge in [0.05, 0.1) is 18.7 Å². The standard InChI is InChI=1S/C14H20N2O/c1-14(2,3)13(9-15)16-12(10-17)11-7-5-4-6-8-11/h4-8,12-13,16-17H,10H2,1-3H3/t12-,13-/m0/s1. The molecule has 1 aromatic carbocycles. The Hall–Kier alpha value is -1.37. The summed E-state index contributed by atoms with van der Waals surface area (Å²) < 4.78 is 0. The van der Waals surface area contributed by atoms with E-state index in [1.807, 2.05) is 51.1 Å². The maximum Gasteiger partial charge on any atom is 0.101 e. The molecule has 0 aliphatic heterocycles. The van der Waals surface area contributed by atoms with Crippen molar-refractivity contribution in [3.05, 3.63) is 35.9 Å². The molecule has 0 saturated carbocycles. The van der Waals surface area contributed by atoms with Crippen molar-refractivity contribution in [2.45, 2.75) is 32.9 Å². The summed E-state index contributed by atoms with van der Waals surface area (Å²) in [6, 6.07) is 11.5. The van der Waals surface area contributed by atoms with Crippen LogP contribution in [0.5, 0.6) is 0 Å². The third-order valence-electron chi connectivity index (χ3n) is 2.75. The van der Waals surface area contributed by atoms with Crippen molar-refractivity contribution in [1.29, 1.82) is 5.26 Å². The van der Waals surface area contributed by atoms with Crippen LogP contribution < -0.4 is 5.32 Å². The van der Waals surface area contributed by atoms with Crippen LogP contribution in [0.4, 0.5) is 0 Å². The van der Waals surface area contributed by atoms with Gasteiger partial charge in [0, 0.05) is 0 Å². The maximum absolute atomic E-state index is 9.42. The van der Waals surface area contributed by atoms with Crippen LogP contribution in [-0.4, -0.2) is 17.8 Å². The summed E-state index contributed by atoms with van der Waals surface area (Å²) in [6.07, 6.45) is 0. The van der Waals surface area contributed by atoms with E-state index in [2.05, 4.69) is 11.4 Å². The fourth-order valence-corrected chi connectivity index (χ4v) is 1.62. The van der Waals surface area contributed by atoms with Gasteiger partial charge in [0.2, 0.25) is 0 Å². The number of rotatable bonds is 4. The molecule has 92 valence electrons. The summed E-state index contributed by atoms with van der Waals surface area (Å²) in [5.74, 6) is 0. The van der Waals surface area contributed by atoms with Gasteiger partial charge in [0.15, 0.2) is 0 Å². The van der Waals surface area contributed by atoms with Crippen molar-refractivity contribution in [2.75, 3.05) is 6.61 Å². The average Bonchev–Trinajstić information content (AvgIpc) is 2.30. The van der Waals surface area contributed by atoms with Crippen molar-refractivity contribution in [2.24, 2.45) is 5.41 Å². The molecular formula is C14H20N2O. The van der Waals surface area contributed by atoms with Crippen molar-refractivity contribution in [3.63, 3.8) is 0 Å². The Labute approximate surface area is 103 Å². The minimum absolute atomic E-state index is 0.0156. The lowest BCUT2D eigenvalue weighted by Crippen LogP contribution is -2.42. The summed E-state index contributed by atoms with van der Waals surface area (Å²) >= 11 is 0. The minimum atomic E-state index is -0.292. The maximum atomic E-state index is 9.42. The normalized spacial score (nSPS) is 15.0. The summed E-state index contributed by atoms with van der Waals surface area (Å²) in [7, 11) is 0. The van der Waals surface area contributed by atoms with Crippen LogP contribution >= 0.6 is 0 Å². The zero-order chi connectivity index (χ0) is 12.9. The molecule has 0 unspecified atom stereocenters. The van der Waals surface area contributed by atoms with Gasteiger partial charge in [-0.15, -0.1) is 0 Å². The number of hydrogen-bond acceptors (Lipinski definition) is 3. The van der Waals surface area contributed by atoms with E-state index in [1.54, 1.807) is 0 Å². The smallest absolute Gasteiger partial charge is 0.101 e. The van der Waals surface area contributed by atoms with Gasteiger partial charge >= 0.3 is 0 Å². The van der Waals surface area contributed by atoms with Crippen molar-refractivity contribution >= 4 is 0 Å². The van der Waals surface area contributed by atoms with Crippen LogP contribution in [0.2, 0.25) is 0 Å². The van der Waals surface area contributed by atoms with Crippen molar-refractivity contribution in [3.8, 4) is 6.07 Å². The van der Waals surface area contributed by atoms with Crippen LogP contribution in [0.25, 0.3) is 0 Å². The van der Waals surface area contributed by atoms with E-state index < -0.39 is 0 Å². The summed E-state index contributed by atoms with van der Waals surface area (Å²) in [5.41, 5.74) is 0.844. The molecule has 0 radical (unpaired) electrons. The van der Waals surface area contributed by atoms with E-state index in [9.17, 15) is 5.11 Å². The van der Waals surface area contributed by atoms with E-state index in [1.165, 1.54) is 0 Å². The zero-order valence-electron chi connectivity index (χ0n) is 10.6. The van der Waals surface area contributed by atoms with E-state index in [4.69, 9.17) is 5.26 Å². The van der Waals surface area contributed by atoms with Gasteiger partial charge in [-0.2, -0.15) is 5.26 Å². The Morgan fingerprint density at radius 2 is 1.88 bits per heavy atom. The predicted molar refractivity (Wildman–Crippen MR) is 68.3 cm³/mol. The number of nitriles is 1. The van der Waals surface area contributed by atoms with Gasteiger partial charge in [-0.1, -0.05) is 51.1 Å². The minimum Gasteiger partial charge on any atom is -0.394 e. The predicted octanol–water partition coefficient (Wildman–Crippen LogP) is 2.25. The van der Waals surface area contributed by atoms with Gasteiger partial charge in [-0.3, -0.25) is 5.32 Å². The number of nitrogens with one attached hydrogen (secondary N) is 1. The molecule has 0 amide bonds. The second-order valence-corrected chi connectivity index (χ2v) is 5.24. The van der Waals surface area contributed by atoms with Crippen molar-refractivity contribution < 1.29 is 5.11 Å². The molecule has 0 aliphatic carbocycles. The van der Waals surface area contributed by atoms with Crippen LogP contribution in [0, 0.1) is 16.7 Å². The third-order valence-corrected chi connectivity index (χ3v) is 2.75. The molecule has 0 fully saturated rings.